The SMILES string of the molecule is CCn1cc(S(=O)(=O)N2CC(C)(C)C(C)(O)C2)cn1. The fourth-order valence-corrected chi connectivity index (χ4v) is 3.84. The highest BCUT2D eigenvalue weighted by Crippen LogP contribution is 2.40. The number of aliphatic hydroxyl groups is 1. The van der Waals surface area contributed by atoms with Gasteiger partial charge in [-0.1, -0.05) is 13.8 Å². The van der Waals surface area contributed by atoms with Gasteiger partial charge in [-0.25, -0.2) is 8.42 Å². The van der Waals surface area contributed by atoms with Gasteiger partial charge in [0.1, 0.15) is 4.90 Å². The third-order valence-electron chi connectivity index (χ3n) is 4.09. The molecule has 0 aromatic carbocycles. The van der Waals surface area contributed by atoms with Crippen molar-refractivity contribution in [1.29, 1.82) is 0 Å². The van der Waals surface area contributed by atoms with Crippen LogP contribution in [0.5, 0.6) is 0 Å². The number of hydrogen-bond acceptors (Lipinski definition) is 4. The van der Waals surface area contributed by atoms with Crippen LogP contribution in [0.15, 0.2) is 17.3 Å². The van der Waals surface area contributed by atoms with Gasteiger partial charge in [0.2, 0.25) is 10.0 Å². The third kappa shape index (κ3) is 2.30. The fourth-order valence-electron chi connectivity index (χ4n) is 2.19. The van der Waals surface area contributed by atoms with E-state index >= 15 is 0 Å². The molecular weight excluding hydrogens is 266 g/mol. The summed E-state index contributed by atoms with van der Waals surface area (Å²) in [4.78, 5) is 0.183. The molecule has 0 saturated carbocycles. The van der Waals surface area contributed by atoms with E-state index in [1.807, 2.05) is 20.8 Å². The predicted octanol–water partition coefficient (Wildman–Crippen LogP) is 0.684. The van der Waals surface area contributed by atoms with Crippen LogP contribution in [-0.2, 0) is 16.6 Å². The van der Waals surface area contributed by atoms with E-state index in [0.717, 1.165) is 0 Å². The molecule has 0 radical (unpaired) electrons. The van der Waals surface area contributed by atoms with Crippen LogP contribution in [0.25, 0.3) is 0 Å². The van der Waals surface area contributed by atoms with Gasteiger partial charge in [0.05, 0.1) is 11.8 Å². The van der Waals surface area contributed by atoms with E-state index in [-0.39, 0.29) is 11.4 Å². The first-order valence-electron chi connectivity index (χ1n) is 6.35. The first-order chi connectivity index (χ1) is 8.60. The Morgan fingerprint density at radius 1 is 1.37 bits per heavy atom. The molecule has 0 amide bonds. The molecule has 7 heteroatoms. The van der Waals surface area contributed by atoms with Gasteiger partial charge >= 0.3 is 0 Å². The summed E-state index contributed by atoms with van der Waals surface area (Å²) in [6.45, 7) is 8.36. The number of nitrogens with zero attached hydrogens (tertiary/aromatic N) is 3. The Morgan fingerprint density at radius 3 is 2.42 bits per heavy atom. The van der Waals surface area contributed by atoms with Crippen LogP contribution < -0.4 is 0 Å². The molecule has 1 aliphatic rings. The quantitative estimate of drug-likeness (QED) is 0.887. The highest BCUT2D eigenvalue weighted by Gasteiger charge is 2.51. The third-order valence-corrected chi connectivity index (χ3v) is 5.83. The van der Waals surface area contributed by atoms with E-state index in [2.05, 4.69) is 5.10 Å². The molecule has 2 heterocycles. The second-order valence-electron chi connectivity index (χ2n) is 5.96. The first kappa shape index (κ1) is 14.5. The topological polar surface area (TPSA) is 75.4 Å². The van der Waals surface area contributed by atoms with Gasteiger partial charge < -0.3 is 5.11 Å². The predicted molar refractivity (Wildman–Crippen MR) is 71.1 cm³/mol. The molecular formula is C12H21N3O3S. The van der Waals surface area contributed by atoms with Crippen LogP contribution in [0.1, 0.15) is 27.7 Å². The van der Waals surface area contributed by atoms with Crippen LogP contribution in [0.2, 0.25) is 0 Å². The summed E-state index contributed by atoms with van der Waals surface area (Å²) in [6.07, 6.45) is 2.88. The van der Waals surface area contributed by atoms with Crippen LogP contribution in [0.3, 0.4) is 0 Å². The Morgan fingerprint density at radius 2 is 2.00 bits per heavy atom. The van der Waals surface area contributed by atoms with Crippen molar-refractivity contribution >= 4 is 10.0 Å². The normalized spacial score (nSPS) is 27.8. The van der Waals surface area contributed by atoms with Crippen LogP contribution in [0, 0.1) is 5.41 Å². The molecule has 0 spiro atoms. The Bertz CT molecular complexity index is 559. The molecule has 2 rings (SSSR count). The van der Waals surface area contributed by atoms with Crippen LogP contribution in [0.4, 0.5) is 0 Å². The van der Waals surface area contributed by atoms with Gasteiger partial charge in [0.15, 0.2) is 0 Å². The minimum absolute atomic E-state index is 0.111. The minimum atomic E-state index is -3.58. The first-order valence-corrected chi connectivity index (χ1v) is 7.79. The molecule has 1 aliphatic heterocycles. The molecule has 0 aliphatic carbocycles. The second-order valence-corrected chi connectivity index (χ2v) is 7.90. The molecule has 19 heavy (non-hydrogen) atoms. The highest BCUT2D eigenvalue weighted by atomic mass is 32.2. The zero-order chi connectivity index (χ0) is 14.5. The highest BCUT2D eigenvalue weighted by molar-refractivity contribution is 7.89. The summed E-state index contributed by atoms with van der Waals surface area (Å²) >= 11 is 0. The number of aromatic nitrogens is 2. The molecule has 108 valence electrons. The Labute approximate surface area is 114 Å². The maximum Gasteiger partial charge on any atom is 0.246 e. The van der Waals surface area contributed by atoms with E-state index in [1.165, 1.54) is 16.7 Å². The van der Waals surface area contributed by atoms with Crippen molar-refractivity contribution in [3.8, 4) is 0 Å². The van der Waals surface area contributed by atoms with E-state index in [1.54, 1.807) is 11.6 Å². The van der Waals surface area contributed by atoms with Gasteiger partial charge in [-0.2, -0.15) is 9.40 Å². The molecule has 1 N–H and O–H groups in total. The lowest BCUT2D eigenvalue weighted by molar-refractivity contribution is -0.0100. The lowest BCUT2D eigenvalue weighted by Crippen LogP contribution is -2.40. The van der Waals surface area contributed by atoms with Gasteiger partial charge in [0.25, 0.3) is 0 Å². The molecule has 0 bridgehead atoms. The fraction of sp³-hybridized carbons (Fsp3) is 0.750. The molecule has 1 fully saturated rings. The lowest BCUT2D eigenvalue weighted by Gasteiger charge is -2.31. The average molecular weight is 287 g/mol. The maximum absolute atomic E-state index is 12.5. The summed E-state index contributed by atoms with van der Waals surface area (Å²) in [6, 6.07) is 0. The van der Waals surface area contributed by atoms with Gasteiger partial charge in [-0.3, -0.25) is 4.68 Å². The van der Waals surface area contributed by atoms with Gasteiger partial charge in [-0.15, -0.1) is 0 Å². The van der Waals surface area contributed by atoms with Gasteiger partial charge in [0, 0.05) is 31.2 Å². The molecule has 6 nitrogen and oxygen atoms in total. The number of aryl methyl sites for hydroxylation is 1. The molecule has 1 aromatic heterocycles. The van der Waals surface area contributed by atoms with Crippen molar-refractivity contribution in [2.45, 2.75) is 44.7 Å². The lowest BCUT2D eigenvalue weighted by atomic mass is 9.79. The van der Waals surface area contributed by atoms with Crippen LogP contribution in [-0.4, -0.2) is 46.3 Å². The summed E-state index contributed by atoms with van der Waals surface area (Å²) in [5, 5.41) is 14.3. The van der Waals surface area contributed by atoms with Crippen molar-refractivity contribution in [2.75, 3.05) is 13.1 Å². The zero-order valence-corrected chi connectivity index (χ0v) is 12.6. The molecule has 1 aromatic rings. The Balaban J connectivity index is 2.32. The van der Waals surface area contributed by atoms with E-state index < -0.39 is 21.0 Å². The number of hydrogen-bond donors (Lipinski definition) is 1. The van der Waals surface area contributed by atoms with Crippen molar-refractivity contribution in [3.63, 3.8) is 0 Å². The monoisotopic (exact) mass is 287 g/mol. The summed E-state index contributed by atoms with van der Waals surface area (Å²) in [7, 11) is -3.58. The van der Waals surface area contributed by atoms with Crippen molar-refractivity contribution in [1.82, 2.24) is 14.1 Å². The van der Waals surface area contributed by atoms with E-state index in [4.69, 9.17) is 0 Å². The van der Waals surface area contributed by atoms with Crippen LogP contribution >= 0.6 is 0 Å². The number of β-amino-alcohol motifs (C(OH)–C–C–N with tert-alkyl or cyclic N) is 1. The van der Waals surface area contributed by atoms with Gasteiger partial charge in [-0.05, 0) is 13.8 Å². The Hall–Kier alpha value is -0.920. The number of sulfonamides is 1. The number of rotatable bonds is 3. The minimum Gasteiger partial charge on any atom is -0.388 e. The summed E-state index contributed by atoms with van der Waals surface area (Å²) < 4.78 is 27.9. The molecule has 1 atom stereocenters. The standard InChI is InChI=1S/C12H21N3O3S/c1-5-14-7-10(6-13-14)19(17,18)15-8-11(2,3)12(4,16)9-15/h6-7,16H,5,8-9H2,1-4H3. The smallest absolute Gasteiger partial charge is 0.246 e. The Kier molecular flexibility index (Phi) is 3.27. The molecule has 1 unspecified atom stereocenters. The summed E-state index contributed by atoms with van der Waals surface area (Å²) in [5.74, 6) is 0. The second kappa shape index (κ2) is 4.29. The zero-order valence-electron chi connectivity index (χ0n) is 11.8. The van der Waals surface area contributed by atoms with Crippen molar-refractivity contribution in [2.24, 2.45) is 5.41 Å². The van der Waals surface area contributed by atoms with Crippen molar-refractivity contribution in [3.05, 3.63) is 12.4 Å². The molecule has 1 saturated heterocycles. The van der Waals surface area contributed by atoms with E-state index in [9.17, 15) is 13.5 Å². The van der Waals surface area contributed by atoms with E-state index in [0.29, 0.717) is 13.1 Å². The summed E-state index contributed by atoms with van der Waals surface area (Å²) in [5.41, 5.74) is -1.50. The van der Waals surface area contributed by atoms with Crippen molar-refractivity contribution < 1.29 is 13.5 Å². The average Bonchev–Trinajstić information content (AvgIpc) is 2.83. The maximum atomic E-state index is 12.5. The largest absolute Gasteiger partial charge is 0.388 e.